The van der Waals surface area contributed by atoms with Crippen LogP contribution in [0.15, 0.2) is 0 Å². The minimum atomic E-state index is -3.10. The molecule has 0 aliphatic heterocycles. The minimum absolute atomic E-state index is 0.442. The normalized spacial score (nSPS) is 18.2. The van der Waals surface area contributed by atoms with Gasteiger partial charge in [0, 0.05) is 0 Å². The molecule has 0 aromatic carbocycles. The number of nitrogens with one attached hydrogen (secondary N) is 1. The third-order valence-electron chi connectivity index (χ3n) is 4.79. The minimum Gasteiger partial charge on any atom is -0.308 e. The largest absolute Gasteiger partial charge is 0.350 e. The Morgan fingerprint density at radius 3 is 2.00 bits per heavy atom. The van der Waals surface area contributed by atoms with Crippen LogP contribution in [0.2, 0.25) is 0 Å². The van der Waals surface area contributed by atoms with Gasteiger partial charge >= 0.3 is 7.60 Å². The Hall–Kier alpha value is 0.110. The van der Waals surface area contributed by atoms with Crippen LogP contribution in [0.1, 0.15) is 91.4 Å². The second kappa shape index (κ2) is 11.6. The predicted octanol–water partition coefficient (Wildman–Crippen LogP) is 5.86. The summed E-state index contributed by atoms with van der Waals surface area (Å²) in [5.74, 6) is 0. The molecule has 0 unspecified atom stereocenters. The monoisotopic (exact) mass is 347 g/mol. The van der Waals surface area contributed by atoms with Gasteiger partial charge in [0.15, 0.2) is 0 Å². The van der Waals surface area contributed by atoms with Crippen LogP contribution in [0.3, 0.4) is 0 Å². The van der Waals surface area contributed by atoms with Gasteiger partial charge in [-0.25, -0.2) is 0 Å². The summed E-state index contributed by atoms with van der Waals surface area (Å²) in [6.45, 7) is 7.84. The highest BCUT2D eigenvalue weighted by Crippen LogP contribution is 2.63. The molecule has 1 aliphatic carbocycles. The van der Waals surface area contributed by atoms with Crippen molar-refractivity contribution in [3.05, 3.63) is 0 Å². The van der Waals surface area contributed by atoms with Gasteiger partial charge in [0.1, 0.15) is 5.28 Å². The predicted molar refractivity (Wildman–Crippen MR) is 98.1 cm³/mol. The third kappa shape index (κ3) is 6.49. The highest BCUT2D eigenvalue weighted by Gasteiger charge is 2.50. The first-order chi connectivity index (χ1) is 11.1. The van der Waals surface area contributed by atoms with Crippen molar-refractivity contribution < 1.29 is 13.6 Å². The first-order valence-electron chi connectivity index (χ1n) is 9.78. The maximum Gasteiger partial charge on any atom is 0.350 e. The molecular weight excluding hydrogens is 309 g/mol. The van der Waals surface area contributed by atoms with Gasteiger partial charge < -0.3 is 14.4 Å². The van der Waals surface area contributed by atoms with E-state index < -0.39 is 12.9 Å². The Bertz CT molecular complexity index is 333. The van der Waals surface area contributed by atoms with Crippen LogP contribution in [0.4, 0.5) is 0 Å². The molecule has 0 saturated heterocycles. The fourth-order valence-electron chi connectivity index (χ4n) is 3.53. The highest BCUT2D eigenvalue weighted by atomic mass is 31.2. The molecule has 1 aliphatic rings. The lowest BCUT2D eigenvalue weighted by molar-refractivity contribution is 0.166. The fraction of sp³-hybridized carbons (Fsp3) is 1.00. The van der Waals surface area contributed by atoms with Crippen LogP contribution in [0, 0.1) is 0 Å². The molecular formula is C18H38NO3P. The summed E-state index contributed by atoms with van der Waals surface area (Å²) >= 11 is 0. The lowest BCUT2D eigenvalue weighted by atomic mass is 9.94. The van der Waals surface area contributed by atoms with Gasteiger partial charge in [-0.15, -0.1) is 0 Å². The average Bonchev–Trinajstić information content (AvgIpc) is 2.55. The second-order valence-corrected chi connectivity index (χ2v) is 8.99. The van der Waals surface area contributed by atoms with Crippen molar-refractivity contribution in [3.8, 4) is 0 Å². The molecule has 0 spiro atoms. The first-order valence-corrected chi connectivity index (χ1v) is 11.3. The van der Waals surface area contributed by atoms with Crippen LogP contribution < -0.4 is 5.32 Å². The lowest BCUT2D eigenvalue weighted by Gasteiger charge is -2.42. The van der Waals surface area contributed by atoms with E-state index in [4.69, 9.17) is 9.05 Å². The summed E-state index contributed by atoms with van der Waals surface area (Å²) in [6.07, 6.45) is 12.9. The highest BCUT2D eigenvalue weighted by molar-refractivity contribution is 7.55. The summed E-state index contributed by atoms with van der Waals surface area (Å²) in [7, 11) is -3.10. The van der Waals surface area contributed by atoms with Gasteiger partial charge in [0.2, 0.25) is 0 Å². The molecule has 0 bridgehead atoms. The lowest BCUT2D eigenvalue weighted by Crippen LogP contribution is -2.47. The smallest absolute Gasteiger partial charge is 0.308 e. The van der Waals surface area contributed by atoms with Crippen LogP contribution in [-0.2, 0) is 13.6 Å². The number of rotatable bonds is 13. The summed E-state index contributed by atoms with van der Waals surface area (Å²) in [5.41, 5.74) is 0. The zero-order chi connectivity index (χ0) is 17.0. The SMILES string of the molecule is CCCCCCCCNC1(P(=O)(OCC)OCC)CCCCC1. The van der Waals surface area contributed by atoms with Crippen molar-refractivity contribution in [1.82, 2.24) is 5.32 Å². The molecule has 4 nitrogen and oxygen atoms in total. The van der Waals surface area contributed by atoms with E-state index in [1.807, 2.05) is 13.8 Å². The summed E-state index contributed by atoms with van der Waals surface area (Å²) in [4.78, 5) is 0. The maximum atomic E-state index is 13.4. The zero-order valence-corrected chi connectivity index (χ0v) is 16.5. The Kier molecular flexibility index (Phi) is 10.7. The second-order valence-electron chi connectivity index (χ2n) is 6.62. The van der Waals surface area contributed by atoms with E-state index in [2.05, 4.69) is 12.2 Å². The van der Waals surface area contributed by atoms with Crippen LogP contribution in [0.5, 0.6) is 0 Å². The molecule has 23 heavy (non-hydrogen) atoms. The molecule has 5 heteroatoms. The van der Waals surface area contributed by atoms with E-state index in [9.17, 15) is 4.57 Å². The zero-order valence-electron chi connectivity index (χ0n) is 15.6. The molecule has 0 heterocycles. The van der Waals surface area contributed by atoms with Crippen molar-refractivity contribution in [1.29, 1.82) is 0 Å². The quantitative estimate of drug-likeness (QED) is 0.335. The topological polar surface area (TPSA) is 47.6 Å². The van der Waals surface area contributed by atoms with E-state index in [0.29, 0.717) is 13.2 Å². The average molecular weight is 347 g/mol. The molecule has 1 fully saturated rings. The van der Waals surface area contributed by atoms with Crippen molar-refractivity contribution in [2.75, 3.05) is 19.8 Å². The third-order valence-corrected chi connectivity index (χ3v) is 7.64. The van der Waals surface area contributed by atoms with Crippen molar-refractivity contribution >= 4 is 7.60 Å². The van der Waals surface area contributed by atoms with Gasteiger partial charge in [-0.05, 0) is 39.7 Å². The molecule has 0 atom stereocenters. The summed E-state index contributed by atoms with van der Waals surface area (Å²) in [6, 6.07) is 0. The van der Waals surface area contributed by atoms with Crippen LogP contribution in [-0.4, -0.2) is 25.0 Å². The fourth-order valence-corrected chi connectivity index (χ4v) is 5.95. The van der Waals surface area contributed by atoms with E-state index in [1.54, 1.807) is 0 Å². The van der Waals surface area contributed by atoms with Crippen LogP contribution >= 0.6 is 7.60 Å². The van der Waals surface area contributed by atoms with Gasteiger partial charge in [0.25, 0.3) is 0 Å². The van der Waals surface area contributed by atoms with Gasteiger partial charge in [-0.3, -0.25) is 4.57 Å². The Morgan fingerprint density at radius 2 is 1.43 bits per heavy atom. The number of hydrogen-bond acceptors (Lipinski definition) is 4. The van der Waals surface area contributed by atoms with Gasteiger partial charge in [0.05, 0.1) is 13.2 Å². The molecule has 138 valence electrons. The van der Waals surface area contributed by atoms with Crippen molar-refractivity contribution in [2.24, 2.45) is 0 Å². The molecule has 0 amide bonds. The van der Waals surface area contributed by atoms with Gasteiger partial charge in [-0.1, -0.05) is 58.3 Å². The number of hydrogen-bond donors (Lipinski definition) is 1. The Labute approximate surface area is 143 Å². The van der Waals surface area contributed by atoms with E-state index in [1.165, 1.54) is 38.5 Å². The van der Waals surface area contributed by atoms with Crippen molar-refractivity contribution in [2.45, 2.75) is 96.7 Å². The Balaban J connectivity index is 2.57. The van der Waals surface area contributed by atoms with Crippen molar-refractivity contribution in [3.63, 3.8) is 0 Å². The molecule has 0 aromatic rings. The maximum absolute atomic E-state index is 13.4. The molecule has 1 N–H and O–H groups in total. The van der Waals surface area contributed by atoms with Gasteiger partial charge in [-0.2, -0.15) is 0 Å². The Morgan fingerprint density at radius 1 is 0.870 bits per heavy atom. The molecule has 0 radical (unpaired) electrons. The standard InChI is InChI=1S/C18H38NO3P/c1-4-7-8-9-10-14-17-19-18(15-12-11-13-16-18)23(20,21-5-2)22-6-3/h19H,4-17H2,1-3H3. The van der Waals surface area contributed by atoms with Crippen LogP contribution in [0.25, 0.3) is 0 Å². The molecule has 1 saturated carbocycles. The molecule has 0 aromatic heterocycles. The summed E-state index contributed by atoms with van der Waals surface area (Å²) < 4.78 is 24.8. The summed E-state index contributed by atoms with van der Waals surface area (Å²) in [5, 5.41) is 3.17. The first kappa shape index (κ1) is 21.2. The van der Waals surface area contributed by atoms with E-state index in [0.717, 1.165) is 38.6 Å². The molecule has 1 rings (SSSR count). The van der Waals surface area contributed by atoms with E-state index >= 15 is 0 Å². The number of unbranched alkanes of at least 4 members (excludes halogenated alkanes) is 5. The van der Waals surface area contributed by atoms with E-state index in [-0.39, 0.29) is 0 Å².